The Labute approximate surface area is 184 Å². The first kappa shape index (κ1) is 21.0. The molecular weight excluding hydrogens is 418 g/mol. The fourth-order valence-electron chi connectivity index (χ4n) is 3.68. The Balaban J connectivity index is 1.87. The Hall–Kier alpha value is -3.27. The minimum absolute atomic E-state index is 0.0512. The van der Waals surface area contributed by atoms with Crippen LogP contribution < -0.4 is 15.4 Å². The van der Waals surface area contributed by atoms with Crippen LogP contribution in [0.2, 0.25) is 0 Å². The summed E-state index contributed by atoms with van der Waals surface area (Å²) in [5.41, 5.74) is 2.08. The van der Waals surface area contributed by atoms with Crippen molar-refractivity contribution in [2.75, 3.05) is 17.7 Å². The molecule has 0 aromatic heterocycles. The van der Waals surface area contributed by atoms with E-state index in [2.05, 4.69) is 15.7 Å². The standard InChI is InChI=1S/C21H23N5O4S/c1-3-11-30-17-10-9-13(26(28)29)12-15(17)19-22-16-8-6-5-7-14(16)18-20(27)23-21(31-4-2)24-25(18)19/h5-10,12,18-19,22H,3-4,11H2,1-2H3,(H,23,24,27). The van der Waals surface area contributed by atoms with E-state index in [0.717, 1.165) is 23.4 Å². The number of benzene rings is 2. The average molecular weight is 442 g/mol. The summed E-state index contributed by atoms with van der Waals surface area (Å²) in [7, 11) is 0. The monoisotopic (exact) mass is 441 g/mol. The van der Waals surface area contributed by atoms with Gasteiger partial charge >= 0.3 is 0 Å². The van der Waals surface area contributed by atoms with Crippen molar-refractivity contribution < 1.29 is 14.5 Å². The number of ether oxygens (including phenoxy) is 1. The number of hydrogen-bond acceptors (Lipinski definition) is 8. The molecule has 2 aromatic carbocycles. The zero-order valence-electron chi connectivity index (χ0n) is 17.2. The van der Waals surface area contributed by atoms with Gasteiger partial charge in [0.05, 0.1) is 11.5 Å². The number of rotatable bonds is 6. The first-order valence-electron chi connectivity index (χ1n) is 10.1. The van der Waals surface area contributed by atoms with Gasteiger partial charge in [-0.25, -0.2) is 0 Å². The Morgan fingerprint density at radius 2 is 2.03 bits per heavy atom. The van der Waals surface area contributed by atoms with Crippen LogP contribution in [0, 0.1) is 10.1 Å². The normalized spacial score (nSPS) is 19.5. The van der Waals surface area contributed by atoms with Crippen LogP contribution in [-0.4, -0.2) is 33.4 Å². The predicted molar refractivity (Wildman–Crippen MR) is 120 cm³/mol. The summed E-state index contributed by atoms with van der Waals surface area (Å²) in [6, 6.07) is 11.4. The van der Waals surface area contributed by atoms with E-state index in [-0.39, 0.29) is 11.6 Å². The zero-order valence-corrected chi connectivity index (χ0v) is 18.0. The SMILES string of the molecule is CCCOc1ccc([N+](=O)[O-])cc1C1Nc2ccccc2C2C(=O)NC(SCC)=NN12. The number of fused-ring (bicyclic) bond motifs is 3. The van der Waals surface area contributed by atoms with Crippen LogP contribution >= 0.6 is 11.8 Å². The van der Waals surface area contributed by atoms with Gasteiger partial charge in [-0.15, -0.1) is 5.10 Å². The molecule has 31 heavy (non-hydrogen) atoms. The van der Waals surface area contributed by atoms with Crippen molar-refractivity contribution >= 4 is 34.2 Å². The third-order valence-corrected chi connectivity index (χ3v) is 5.75. The predicted octanol–water partition coefficient (Wildman–Crippen LogP) is 4.00. The molecule has 2 aromatic rings. The third-order valence-electron chi connectivity index (χ3n) is 5.00. The summed E-state index contributed by atoms with van der Waals surface area (Å²) in [6.07, 6.45) is 0.173. The molecule has 0 spiro atoms. The molecule has 0 saturated heterocycles. The van der Waals surface area contributed by atoms with Crippen molar-refractivity contribution in [1.29, 1.82) is 0 Å². The maximum Gasteiger partial charge on any atom is 0.270 e. The molecule has 0 fully saturated rings. The fraction of sp³-hybridized carbons (Fsp3) is 0.333. The van der Waals surface area contributed by atoms with Crippen molar-refractivity contribution in [2.24, 2.45) is 5.10 Å². The maximum absolute atomic E-state index is 13.1. The minimum Gasteiger partial charge on any atom is -0.493 e. The maximum atomic E-state index is 13.1. The number of hydrazone groups is 1. The number of nitrogens with zero attached hydrogens (tertiary/aromatic N) is 3. The summed E-state index contributed by atoms with van der Waals surface area (Å²) in [5.74, 6) is 1.08. The molecule has 2 aliphatic rings. The second kappa shape index (κ2) is 8.84. The molecule has 162 valence electrons. The summed E-state index contributed by atoms with van der Waals surface area (Å²) in [5, 5.41) is 24.6. The fourth-order valence-corrected chi connectivity index (χ4v) is 4.28. The molecule has 2 N–H and O–H groups in total. The van der Waals surface area contributed by atoms with E-state index in [4.69, 9.17) is 4.74 Å². The Morgan fingerprint density at radius 1 is 1.23 bits per heavy atom. The van der Waals surface area contributed by atoms with Gasteiger partial charge in [0.2, 0.25) is 0 Å². The van der Waals surface area contributed by atoms with Gasteiger partial charge in [-0.2, -0.15) is 0 Å². The molecule has 2 aliphatic heterocycles. The Bertz CT molecular complexity index is 1040. The van der Waals surface area contributed by atoms with Crippen molar-refractivity contribution in [3.05, 3.63) is 63.7 Å². The Kier molecular flexibility index (Phi) is 5.99. The highest BCUT2D eigenvalue weighted by molar-refractivity contribution is 8.13. The molecule has 10 heteroatoms. The van der Waals surface area contributed by atoms with Gasteiger partial charge in [0.25, 0.3) is 11.6 Å². The summed E-state index contributed by atoms with van der Waals surface area (Å²) >= 11 is 1.43. The Morgan fingerprint density at radius 3 is 2.77 bits per heavy atom. The topological polar surface area (TPSA) is 109 Å². The second-order valence-electron chi connectivity index (χ2n) is 7.07. The lowest BCUT2D eigenvalue weighted by Crippen LogP contribution is -2.51. The molecule has 2 atom stereocenters. The van der Waals surface area contributed by atoms with Crippen LogP contribution in [0.5, 0.6) is 5.75 Å². The number of hydrogen-bond donors (Lipinski definition) is 2. The number of carbonyl (C=O) groups is 1. The van der Waals surface area contributed by atoms with Crippen molar-refractivity contribution in [1.82, 2.24) is 10.3 Å². The number of carbonyl (C=O) groups excluding carboxylic acids is 1. The largest absolute Gasteiger partial charge is 0.493 e. The molecule has 0 aliphatic carbocycles. The van der Waals surface area contributed by atoms with Crippen LogP contribution in [0.25, 0.3) is 0 Å². The number of amides is 1. The van der Waals surface area contributed by atoms with Crippen LogP contribution in [-0.2, 0) is 4.79 Å². The summed E-state index contributed by atoms with van der Waals surface area (Å²) < 4.78 is 5.90. The number of nitro groups is 1. The van der Waals surface area contributed by atoms with Gasteiger partial charge in [-0.1, -0.05) is 43.8 Å². The van der Waals surface area contributed by atoms with E-state index in [0.29, 0.717) is 23.1 Å². The molecule has 0 radical (unpaired) electrons. The van der Waals surface area contributed by atoms with Crippen LogP contribution in [0.1, 0.15) is 43.6 Å². The number of non-ortho nitro benzene ring substituents is 1. The third kappa shape index (κ3) is 4.02. The molecular formula is C21H23N5O4S. The van der Waals surface area contributed by atoms with E-state index >= 15 is 0 Å². The molecule has 0 bridgehead atoms. The minimum atomic E-state index is -0.665. The van der Waals surface area contributed by atoms with E-state index < -0.39 is 17.1 Å². The number of anilines is 1. The van der Waals surface area contributed by atoms with Gasteiger partial charge < -0.3 is 15.4 Å². The number of para-hydroxylation sites is 1. The second-order valence-corrected chi connectivity index (χ2v) is 8.32. The van der Waals surface area contributed by atoms with Gasteiger partial charge in [0, 0.05) is 28.9 Å². The first-order chi connectivity index (χ1) is 15.0. The summed E-state index contributed by atoms with van der Waals surface area (Å²) in [6.45, 7) is 4.44. The lowest BCUT2D eigenvalue weighted by molar-refractivity contribution is -0.385. The first-order valence-corrected chi connectivity index (χ1v) is 11.1. The average Bonchev–Trinajstić information content (AvgIpc) is 2.77. The smallest absolute Gasteiger partial charge is 0.270 e. The van der Waals surface area contributed by atoms with Gasteiger partial charge in [0.15, 0.2) is 11.2 Å². The van der Waals surface area contributed by atoms with Crippen LogP contribution in [0.4, 0.5) is 11.4 Å². The van der Waals surface area contributed by atoms with Gasteiger partial charge in [-0.3, -0.25) is 19.9 Å². The zero-order chi connectivity index (χ0) is 22.0. The van der Waals surface area contributed by atoms with E-state index in [1.165, 1.54) is 23.9 Å². The quantitative estimate of drug-likeness (QED) is 0.515. The van der Waals surface area contributed by atoms with E-state index in [9.17, 15) is 14.9 Å². The number of nitro benzene ring substituents is 1. The van der Waals surface area contributed by atoms with Crippen molar-refractivity contribution in [3.63, 3.8) is 0 Å². The van der Waals surface area contributed by atoms with Gasteiger partial charge in [-0.05, 0) is 24.3 Å². The molecule has 2 heterocycles. The van der Waals surface area contributed by atoms with E-state index in [1.54, 1.807) is 11.1 Å². The summed E-state index contributed by atoms with van der Waals surface area (Å²) in [4.78, 5) is 24.1. The highest BCUT2D eigenvalue weighted by atomic mass is 32.2. The lowest BCUT2D eigenvalue weighted by Gasteiger charge is -2.43. The number of thioether (sulfide) groups is 1. The molecule has 9 nitrogen and oxygen atoms in total. The van der Waals surface area contributed by atoms with Crippen molar-refractivity contribution in [2.45, 2.75) is 32.5 Å². The van der Waals surface area contributed by atoms with Crippen LogP contribution in [0.3, 0.4) is 0 Å². The van der Waals surface area contributed by atoms with E-state index in [1.807, 2.05) is 38.1 Å². The van der Waals surface area contributed by atoms with Crippen molar-refractivity contribution in [3.8, 4) is 5.75 Å². The van der Waals surface area contributed by atoms with Gasteiger partial charge in [0.1, 0.15) is 11.9 Å². The highest BCUT2D eigenvalue weighted by Crippen LogP contribution is 2.45. The van der Waals surface area contributed by atoms with Crippen LogP contribution in [0.15, 0.2) is 47.6 Å². The molecule has 2 unspecified atom stereocenters. The number of nitrogens with one attached hydrogen (secondary N) is 2. The number of amidine groups is 1. The molecule has 4 rings (SSSR count). The highest BCUT2D eigenvalue weighted by Gasteiger charge is 2.43. The molecule has 0 saturated carbocycles. The molecule has 1 amide bonds. The lowest BCUT2D eigenvalue weighted by atomic mass is 9.96.